The van der Waals surface area contributed by atoms with Crippen LogP contribution in [0.4, 0.5) is 0 Å². The number of nitrogens with zero attached hydrogens (tertiary/aromatic N) is 1. The van der Waals surface area contributed by atoms with E-state index in [9.17, 15) is 0 Å². The van der Waals surface area contributed by atoms with E-state index in [1.54, 1.807) is 0 Å². The molecule has 0 aliphatic carbocycles. The van der Waals surface area contributed by atoms with Crippen LogP contribution >= 0.6 is 0 Å². The van der Waals surface area contributed by atoms with Gasteiger partial charge in [-0.2, -0.15) is 0 Å². The lowest BCUT2D eigenvalue weighted by atomic mass is 9.92. The summed E-state index contributed by atoms with van der Waals surface area (Å²) in [6.45, 7) is 16.0. The smallest absolute Gasteiger partial charge is 0.00198 e. The minimum Gasteiger partial charge on any atom is -0.309 e. The van der Waals surface area contributed by atoms with Crippen LogP contribution < -0.4 is 0 Å². The summed E-state index contributed by atoms with van der Waals surface area (Å²) < 4.78 is 0. The maximum atomic E-state index is 2.27. The molecule has 0 aromatic rings. The molecule has 84 valence electrons. The van der Waals surface area contributed by atoms with Crippen LogP contribution in [0, 0.1) is 5.41 Å². The van der Waals surface area contributed by atoms with E-state index in [1.165, 1.54) is 13.0 Å². The Morgan fingerprint density at radius 2 is 1.15 bits per heavy atom. The third-order valence-corrected chi connectivity index (χ3v) is 1.31. The molecule has 13 heavy (non-hydrogen) atoms. The Labute approximate surface area is 86.5 Å². The maximum absolute atomic E-state index is 2.27. The van der Waals surface area contributed by atoms with Crippen LogP contribution in [0.5, 0.6) is 0 Å². The fourth-order valence-corrected chi connectivity index (χ4v) is 0.559. The van der Waals surface area contributed by atoms with Crippen molar-refractivity contribution in [1.29, 1.82) is 0 Å². The Morgan fingerprint density at radius 1 is 0.846 bits per heavy atom. The molecule has 0 aromatic carbocycles. The predicted octanol–water partition coefficient (Wildman–Crippen LogP) is 4.04. The highest BCUT2D eigenvalue weighted by molar-refractivity contribution is 4.62. The van der Waals surface area contributed by atoms with E-state index in [2.05, 4.69) is 39.8 Å². The van der Waals surface area contributed by atoms with E-state index in [0.29, 0.717) is 5.41 Å². The summed E-state index contributed by atoms with van der Waals surface area (Å²) in [4.78, 5) is 2.23. The van der Waals surface area contributed by atoms with Crippen LogP contribution in [0.2, 0.25) is 0 Å². The Balaban J connectivity index is -0.000000218. The first kappa shape index (κ1) is 18.7. The van der Waals surface area contributed by atoms with Gasteiger partial charge in [0.2, 0.25) is 0 Å². The summed E-state index contributed by atoms with van der Waals surface area (Å²) in [5.41, 5.74) is 0.490. The summed E-state index contributed by atoms with van der Waals surface area (Å²) in [6.07, 6.45) is 1.28. The average molecular weight is 189 g/mol. The molecule has 0 unspecified atom stereocenters. The molecule has 0 rings (SSSR count). The second-order valence-corrected chi connectivity index (χ2v) is 4.11. The van der Waals surface area contributed by atoms with Gasteiger partial charge in [-0.3, -0.25) is 0 Å². The van der Waals surface area contributed by atoms with Gasteiger partial charge in [-0.25, -0.2) is 0 Å². The molecule has 0 N–H and O–H groups in total. The first-order valence-corrected chi connectivity index (χ1v) is 5.56. The van der Waals surface area contributed by atoms with Gasteiger partial charge in [0, 0.05) is 0 Å². The van der Waals surface area contributed by atoms with Crippen molar-refractivity contribution in [3.8, 4) is 0 Å². The summed E-state index contributed by atoms with van der Waals surface area (Å²) in [5.74, 6) is 0. The summed E-state index contributed by atoms with van der Waals surface area (Å²) in [6, 6.07) is 0. The molecular weight excluding hydrogens is 158 g/mol. The Kier molecular flexibility index (Phi) is 17.2. The monoisotopic (exact) mass is 189 g/mol. The zero-order valence-electron chi connectivity index (χ0n) is 11.4. The van der Waals surface area contributed by atoms with Crippen LogP contribution in [0.25, 0.3) is 0 Å². The summed E-state index contributed by atoms with van der Waals surface area (Å²) >= 11 is 0. The van der Waals surface area contributed by atoms with E-state index >= 15 is 0 Å². The van der Waals surface area contributed by atoms with Gasteiger partial charge in [-0.1, -0.05) is 48.5 Å². The predicted molar refractivity (Wildman–Crippen MR) is 65.3 cm³/mol. The highest BCUT2D eigenvalue weighted by Gasteiger charge is 2.09. The van der Waals surface area contributed by atoms with Crippen LogP contribution in [0.15, 0.2) is 0 Å². The first-order chi connectivity index (χ1) is 5.92. The van der Waals surface area contributed by atoms with Gasteiger partial charge < -0.3 is 4.90 Å². The fourth-order valence-electron chi connectivity index (χ4n) is 0.559. The van der Waals surface area contributed by atoms with Crippen LogP contribution in [-0.4, -0.2) is 25.5 Å². The molecule has 0 bridgehead atoms. The van der Waals surface area contributed by atoms with E-state index in [4.69, 9.17) is 0 Å². The SMILES string of the molecule is CC.CC.CN(C)CCC(C)(C)C. The molecule has 0 fully saturated rings. The number of rotatable bonds is 2. The van der Waals surface area contributed by atoms with Gasteiger partial charge in [-0.15, -0.1) is 0 Å². The molecule has 0 saturated carbocycles. The minimum atomic E-state index is 0.490. The molecule has 0 radical (unpaired) electrons. The van der Waals surface area contributed by atoms with Crippen LogP contribution in [0.3, 0.4) is 0 Å². The van der Waals surface area contributed by atoms with Crippen molar-refractivity contribution < 1.29 is 0 Å². The van der Waals surface area contributed by atoms with Crippen LogP contribution in [0.1, 0.15) is 54.9 Å². The largest absolute Gasteiger partial charge is 0.309 e. The molecule has 1 heteroatoms. The van der Waals surface area contributed by atoms with Gasteiger partial charge in [0.15, 0.2) is 0 Å². The van der Waals surface area contributed by atoms with E-state index in [1.807, 2.05) is 27.7 Å². The molecule has 0 aliphatic rings. The lowest BCUT2D eigenvalue weighted by Crippen LogP contribution is -2.19. The third kappa shape index (κ3) is 33.4. The summed E-state index contributed by atoms with van der Waals surface area (Å²) in [5, 5.41) is 0. The van der Waals surface area contributed by atoms with E-state index < -0.39 is 0 Å². The van der Waals surface area contributed by atoms with Crippen molar-refractivity contribution in [1.82, 2.24) is 4.90 Å². The number of hydrogen-bond acceptors (Lipinski definition) is 1. The van der Waals surface area contributed by atoms with Gasteiger partial charge in [-0.05, 0) is 32.5 Å². The van der Waals surface area contributed by atoms with Gasteiger partial charge in [0.1, 0.15) is 0 Å². The number of hydrogen-bond donors (Lipinski definition) is 0. The average Bonchev–Trinajstić information content (AvgIpc) is 2.07. The molecule has 0 saturated heterocycles. The van der Waals surface area contributed by atoms with Crippen molar-refractivity contribution in [3.05, 3.63) is 0 Å². The Morgan fingerprint density at radius 3 is 1.23 bits per heavy atom. The summed E-state index contributed by atoms with van der Waals surface area (Å²) in [7, 11) is 4.23. The fraction of sp³-hybridized carbons (Fsp3) is 1.00. The van der Waals surface area contributed by atoms with Crippen molar-refractivity contribution in [2.24, 2.45) is 5.41 Å². The quantitative estimate of drug-likeness (QED) is 0.634. The minimum absolute atomic E-state index is 0.490. The zero-order chi connectivity index (χ0) is 11.5. The first-order valence-electron chi connectivity index (χ1n) is 5.56. The Hall–Kier alpha value is -0.0400. The van der Waals surface area contributed by atoms with Crippen LogP contribution in [-0.2, 0) is 0 Å². The molecule has 1 nitrogen and oxygen atoms in total. The van der Waals surface area contributed by atoms with Gasteiger partial charge in [0.25, 0.3) is 0 Å². The van der Waals surface area contributed by atoms with Crippen molar-refractivity contribution in [2.45, 2.75) is 54.9 Å². The maximum Gasteiger partial charge on any atom is -0.00198 e. The second-order valence-electron chi connectivity index (χ2n) is 4.11. The second kappa shape index (κ2) is 12.0. The molecule has 0 amide bonds. The lowest BCUT2D eigenvalue weighted by Gasteiger charge is -2.20. The van der Waals surface area contributed by atoms with E-state index in [0.717, 1.165) is 0 Å². The van der Waals surface area contributed by atoms with Crippen molar-refractivity contribution in [3.63, 3.8) is 0 Å². The topological polar surface area (TPSA) is 3.24 Å². The van der Waals surface area contributed by atoms with E-state index in [-0.39, 0.29) is 0 Å². The van der Waals surface area contributed by atoms with Crippen molar-refractivity contribution in [2.75, 3.05) is 20.6 Å². The third-order valence-electron chi connectivity index (χ3n) is 1.31. The molecule has 0 spiro atoms. The zero-order valence-corrected chi connectivity index (χ0v) is 11.4. The van der Waals surface area contributed by atoms with Gasteiger partial charge >= 0.3 is 0 Å². The lowest BCUT2D eigenvalue weighted by molar-refractivity contribution is 0.297. The molecular formula is C12H31N. The highest BCUT2D eigenvalue weighted by atomic mass is 15.0. The van der Waals surface area contributed by atoms with Gasteiger partial charge in [0.05, 0.1) is 0 Å². The normalized spacial score (nSPS) is 9.69. The molecule has 0 aromatic heterocycles. The van der Waals surface area contributed by atoms with Crippen molar-refractivity contribution >= 4 is 0 Å². The standard InChI is InChI=1S/C8H19N.2C2H6/c1-8(2,3)6-7-9(4)5;2*1-2/h6-7H2,1-5H3;2*1-2H3. The molecule has 0 heterocycles. The Bertz CT molecular complexity index is 69.7. The highest BCUT2D eigenvalue weighted by Crippen LogP contribution is 2.17. The molecule has 0 atom stereocenters. The molecule has 0 aliphatic heterocycles.